The van der Waals surface area contributed by atoms with Crippen LogP contribution in [0, 0.1) is 13.8 Å². The molecule has 1 aromatic heterocycles. The summed E-state index contributed by atoms with van der Waals surface area (Å²) in [5, 5.41) is 6.73. The summed E-state index contributed by atoms with van der Waals surface area (Å²) in [5.41, 5.74) is 0.937. The van der Waals surface area contributed by atoms with Gasteiger partial charge < -0.3 is 15.1 Å². The van der Waals surface area contributed by atoms with Gasteiger partial charge in [-0.05, 0) is 34.1 Å². The van der Waals surface area contributed by atoms with Crippen molar-refractivity contribution >= 4 is 29.9 Å². The summed E-state index contributed by atoms with van der Waals surface area (Å²) in [7, 11) is 0. The fourth-order valence-corrected chi connectivity index (χ4v) is 2.26. The predicted molar refractivity (Wildman–Crippen MR) is 108 cm³/mol. The highest BCUT2D eigenvalue weighted by atomic mass is 127. The number of oxazole rings is 1. The Morgan fingerprint density at radius 2 is 1.96 bits per heavy atom. The number of aliphatic imine (C=N–C) groups is 1. The molecule has 1 atom stereocenters. The van der Waals surface area contributed by atoms with Gasteiger partial charge in [-0.2, -0.15) is 0 Å². The van der Waals surface area contributed by atoms with E-state index in [2.05, 4.69) is 41.4 Å². The van der Waals surface area contributed by atoms with E-state index in [1.807, 2.05) is 13.8 Å². The van der Waals surface area contributed by atoms with Crippen LogP contribution in [0.2, 0.25) is 0 Å². The first-order chi connectivity index (χ1) is 10.6. The van der Waals surface area contributed by atoms with Gasteiger partial charge in [0, 0.05) is 12.6 Å². The van der Waals surface area contributed by atoms with Crippen molar-refractivity contribution in [2.75, 3.05) is 6.54 Å². The zero-order chi connectivity index (χ0) is 16.4. The maximum Gasteiger partial charge on any atom is 0.216 e. The van der Waals surface area contributed by atoms with Crippen molar-refractivity contribution in [1.29, 1.82) is 0 Å². The van der Waals surface area contributed by atoms with Gasteiger partial charge in [-0.25, -0.2) is 9.98 Å². The van der Waals surface area contributed by atoms with E-state index in [0.717, 1.165) is 24.0 Å². The third-order valence-electron chi connectivity index (χ3n) is 3.66. The highest BCUT2D eigenvalue weighted by molar-refractivity contribution is 14.0. The van der Waals surface area contributed by atoms with Crippen molar-refractivity contribution in [2.45, 2.75) is 79.3 Å². The lowest BCUT2D eigenvalue weighted by atomic mass is 10.1. The minimum absolute atomic E-state index is 0. The number of halogens is 1. The molecule has 0 aliphatic heterocycles. The number of nitrogens with one attached hydrogen (secondary N) is 2. The van der Waals surface area contributed by atoms with Gasteiger partial charge in [-0.1, -0.05) is 32.6 Å². The Hall–Kier alpha value is -0.790. The zero-order valence-corrected chi connectivity index (χ0v) is 17.6. The number of rotatable bonds is 9. The largest absolute Gasteiger partial charge is 0.444 e. The van der Waals surface area contributed by atoms with Crippen LogP contribution in [-0.2, 0) is 6.54 Å². The molecule has 134 valence electrons. The molecule has 1 rings (SSSR count). The van der Waals surface area contributed by atoms with Gasteiger partial charge in [-0.15, -0.1) is 24.0 Å². The number of nitrogens with zero attached hydrogens (tertiary/aromatic N) is 2. The van der Waals surface area contributed by atoms with E-state index in [-0.39, 0.29) is 24.0 Å². The van der Waals surface area contributed by atoms with E-state index < -0.39 is 0 Å². The molecule has 5 nitrogen and oxygen atoms in total. The van der Waals surface area contributed by atoms with Crippen LogP contribution in [0.5, 0.6) is 0 Å². The molecule has 0 radical (unpaired) electrons. The van der Waals surface area contributed by atoms with Gasteiger partial charge >= 0.3 is 0 Å². The first-order valence-electron chi connectivity index (χ1n) is 8.54. The lowest BCUT2D eigenvalue weighted by Gasteiger charge is -2.17. The summed E-state index contributed by atoms with van der Waals surface area (Å²) in [6, 6.07) is 0.419. The molecular weight excluding hydrogens is 403 g/mol. The van der Waals surface area contributed by atoms with Crippen LogP contribution >= 0.6 is 24.0 Å². The Bertz CT molecular complexity index is 440. The van der Waals surface area contributed by atoms with Gasteiger partial charge in [0.05, 0.1) is 5.69 Å². The average Bonchev–Trinajstić information content (AvgIpc) is 2.80. The van der Waals surface area contributed by atoms with Crippen molar-refractivity contribution in [1.82, 2.24) is 15.6 Å². The van der Waals surface area contributed by atoms with Crippen molar-refractivity contribution in [2.24, 2.45) is 4.99 Å². The molecule has 0 saturated carbocycles. The molecular formula is C17H33IN4O. The minimum atomic E-state index is 0. The second-order valence-corrected chi connectivity index (χ2v) is 5.84. The van der Waals surface area contributed by atoms with E-state index >= 15 is 0 Å². The SMILES string of the molecule is CCCCCCC(C)NC(=NCc1nc(C)c(C)o1)NCC.I. The normalized spacial score (nSPS) is 12.7. The molecule has 6 heteroatoms. The number of hydrogen-bond donors (Lipinski definition) is 2. The molecule has 2 N–H and O–H groups in total. The van der Waals surface area contributed by atoms with Gasteiger partial charge in [0.1, 0.15) is 12.3 Å². The monoisotopic (exact) mass is 436 g/mol. The van der Waals surface area contributed by atoms with Gasteiger partial charge in [0.15, 0.2) is 5.96 Å². The second kappa shape index (κ2) is 12.6. The minimum Gasteiger partial charge on any atom is -0.444 e. The molecule has 1 aromatic rings. The number of hydrogen-bond acceptors (Lipinski definition) is 3. The van der Waals surface area contributed by atoms with Crippen molar-refractivity contribution in [3.8, 4) is 0 Å². The highest BCUT2D eigenvalue weighted by Crippen LogP contribution is 2.09. The Kier molecular flexibility index (Phi) is 12.2. The number of aromatic nitrogens is 1. The molecule has 0 bridgehead atoms. The van der Waals surface area contributed by atoms with Gasteiger partial charge in [-0.3, -0.25) is 0 Å². The van der Waals surface area contributed by atoms with Gasteiger partial charge in [0.2, 0.25) is 5.89 Å². The Balaban J connectivity index is 0.00000484. The molecule has 23 heavy (non-hydrogen) atoms. The maximum absolute atomic E-state index is 5.57. The van der Waals surface area contributed by atoms with E-state index in [9.17, 15) is 0 Å². The molecule has 0 aliphatic carbocycles. The Labute approximate surface area is 158 Å². The van der Waals surface area contributed by atoms with Crippen LogP contribution in [0.4, 0.5) is 0 Å². The summed E-state index contributed by atoms with van der Waals surface area (Å²) in [6.07, 6.45) is 6.34. The quantitative estimate of drug-likeness (QED) is 0.262. The smallest absolute Gasteiger partial charge is 0.216 e. The van der Waals surface area contributed by atoms with Crippen LogP contribution in [0.15, 0.2) is 9.41 Å². The summed E-state index contributed by atoms with van der Waals surface area (Å²) >= 11 is 0. The molecule has 0 aromatic carbocycles. The first-order valence-corrected chi connectivity index (χ1v) is 8.54. The Morgan fingerprint density at radius 1 is 1.22 bits per heavy atom. The average molecular weight is 436 g/mol. The second-order valence-electron chi connectivity index (χ2n) is 5.84. The van der Waals surface area contributed by atoms with E-state index in [1.165, 1.54) is 32.1 Å². The number of unbranched alkanes of at least 4 members (excludes halogenated alkanes) is 3. The molecule has 0 saturated heterocycles. The van der Waals surface area contributed by atoms with Crippen LogP contribution in [0.3, 0.4) is 0 Å². The van der Waals surface area contributed by atoms with Crippen LogP contribution in [0.25, 0.3) is 0 Å². The fourth-order valence-electron chi connectivity index (χ4n) is 2.26. The summed E-state index contributed by atoms with van der Waals surface area (Å²) in [6.45, 7) is 11.7. The third kappa shape index (κ3) is 9.17. The van der Waals surface area contributed by atoms with E-state index in [0.29, 0.717) is 18.5 Å². The molecule has 0 fully saturated rings. The Morgan fingerprint density at radius 3 is 2.52 bits per heavy atom. The maximum atomic E-state index is 5.57. The molecule has 1 heterocycles. The summed E-state index contributed by atoms with van der Waals surface area (Å²) < 4.78 is 5.57. The van der Waals surface area contributed by atoms with Crippen LogP contribution < -0.4 is 10.6 Å². The van der Waals surface area contributed by atoms with Gasteiger partial charge in [0.25, 0.3) is 0 Å². The highest BCUT2D eigenvalue weighted by Gasteiger charge is 2.07. The van der Waals surface area contributed by atoms with E-state index in [4.69, 9.17) is 4.42 Å². The van der Waals surface area contributed by atoms with E-state index in [1.54, 1.807) is 0 Å². The van der Waals surface area contributed by atoms with Crippen molar-refractivity contribution < 1.29 is 4.42 Å². The molecule has 1 unspecified atom stereocenters. The third-order valence-corrected chi connectivity index (χ3v) is 3.66. The molecule has 0 spiro atoms. The lowest BCUT2D eigenvalue weighted by molar-refractivity contribution is 0.472. The molecule has 0 amide bonds. The standard InChI is InChI=1S/C17H32N4O.HI/c1-6-8-9-10-11-13(3)20-17(18-7-2)19-12-16-21-14(4)15(5)22-16;/h13H,6-12H2,1-5H3,(H2,18,19,20);1H. The lowest BCUT2D eigenvalue weighted by Crippen LogP contribution is -2.42. The first kappa shape index (κ1) is 22.2. The van der Waals surface area contributed by atoms with Crippen LogP contribution in [0.1, 0.15) is 70.2 Å². The fraction of sp³-hybridized carbons (Fsp3) is 0.765. The number of aryl methyl sites for hydroxylation is 2. The predicted octanol–water partition coefficient (Wildman–Crippen LogP) is 4.32. The van der Waals surface area contributed by atoms with Crippen molar-refractivity contribution in [3.63, 3.8) is 0 Å². The summed E-state index contributed by atoms with van der Waals surface area (Å²) in [4.78, 5) is 8.92. The topological polar surface area (TPSA) is 62.5 Å². The summed E-state index contributed by atoms with van der Waals surface area (Å²) in [5.74, 6) is 2.37. The van der Waals surface area contributed by atoms with Crippen LogP contribution in [-0.4, -0.2) is 23.5 Å². The number of guanidine groups is 1. The molecule has 0 aliphatic rings. The zero-order valence-electron chi connectivity index (χ0n) is 15.2. The van der Waals surface area contributed by atoms with Crippen molar-refractivity contribution in [3.05, 3.63) is 17.3 Å².